The van der Waals surface area contributed by atoms with Gasteiger partial charge in [-0.1, -0.05) is 12.1 Å². The van der Waals surface area contributed by atoms with E-state index in [1.165, 1.54) is 17.4 Å². The van der Waals surface area contributed by atoms with Crippen molar-refractivity contribution in [3.63, 3.8) is 0 Å². The number of aryl methyl sites for hydroxylation is 2. The number of thiophene rings is 1. The Morgan fingerprint density at radius 1 is 1.29 bits per heavy atom. The Balaban J connectivity index is 1.49. The minimum atomic E-state index is -0.405. The van der Waals surface area contributed by atoms with Crippen molar-refractivity contribution < 1.29 is 13.9 Å². The average Bonchev–Trinajstić information content (AvgIpc) is 3.46. The van der Waals surface area contributed by atoms with Gasteiger partial charge in [0.1, 0.15) is 17.3 Å². The third-order valence-corrected chi connectivity index (χ3v) is 6.17. The van der Waals surface area contributed by atoms with Gasteiger partial charge in [0, 0.05) is 18.4 Å². The largest absolute Gasteiger partial charge is 0.489 e. The second kappa shape index (κ2) is 7.47. The Morgan fingerprint density at radius 3 is 2.75 bits per heavy atom. The van der Waals surface area contributed by atoms with Crippen LogP contribution in [0, 0.1) is 19.7 Å². The average molecular weight is 399 g/mol. The topological polar surface area (TPSA) is 55.3 Å². The highest BCUT2D eigenvalue weighted by molar-refractivity contribution is 7.20. The quantitative estimate of drug-likeness (QED) is 0.613. The van der Waals surface area contributed by atoms with Crippen molar-refractivity contribution in [1.29, 1.82) is 0 Å². The fraction of sp³-hybridized carbons (Fsp3) is 0.381. The first-order valence-corrected chi connectivity index (χ1v) is 10.2. The molecule has 0 bridgehead atoms. The zero-order valence-corrected chi connectivity index (χ0v) is 17.0. The van der Waals surface area contributed by atoms with Gasteiger partial charge in [0.25, 0.3) is 5.91 Å². The number of ether oxygens (including phenoxy) is 1. The van der Waals surface area contributed by atoms with Gasteiger partial charge in [0.15, 0.2) is 11.6 Å². The Labute approximate surface area is 167 Å². The number of nitrogens with zero attached hydrogens (tertiary/aromatic N) is 3. The van der Waals surface area contributed by atoms with Gasteiger partial charge in [-0.05, 0) is 44.4 Å². The van der Waals surface area contributed by atoms with Gasteiger partial charge in [0.2, 0.25) is 0 Å². The molecule has 1 aliphatic rings. The second-order valence-corrected chi connectivity index (χ2v) is 8.18. The molecule has 5 nitrogen and oxygen atoms in total. The molecule has 0 saturated heterocycles. The number of aromatic nitrogens is 2. The van der Waals surface area contributed by atoms with Crippen LogP contribution in [0.5, 0.6) is 5.75 Å². The van der Waals surface area contributed by atoms with Crippen LogP contribution in [0.25, 0.3) is 10.2 Å². The number of benzene rings is 1. The van der Waals surface area contributed by atoms with Gasteiger partial charge in [-0.3, -0.25) is 4.79 Å². The Kier molecular flexibility index (Phi) is 5.02. The van der Waals surface area contributed by atoms with Gasteiger partial charge in [0.05, 0.1) is 17.1 Å². The molecule has 0 atom stereocenters. The Bertz CT molecular complexity index is 1050. The molecular weight excluding hydrogens is 377 g/mol. The van der Waals surface area contributed by atoms with Crippen LogP contribution < -0.4 is 4.74 Å². The summed E-state index contributed by atoms with van der Waals surface area (Å²) in [6.07, 6.45) is 2.29. The number of rotatable bonds is 6. The van der Waals surface area contributed by atoms with Crippen LogP contribution >= 0.6 is 11.3 Å². The lowest BCUT2D eigenvalue weighted by Gasteiger charge is -2.17. The predicted octanol–water partition coefficient (Wildman–Crippen LogP) is 4.48. The van der Waals surface area contributed by atoms with Crippen LogP contribution in [0.4, 0.5) is 4.39 Å². The van der Waals surface area contributed by atoms with Crippen LogP contribution in [0.2, 0.25) is 0 Å². The molecule has 4 rings (SSSR count). The molecule has 2 aromatic heterocycles. The van der Waals surface area contributed by atoms with E-state index in [-0.39, 0.29) is 18.3 Å². The van der Waals surface area contributed by atoms with E-state index < -0.39 is 5.82 Å². The van der Waals surface area contributed by atoms with Crippen LogP contribution in [-0.4, -0.2) is 41.0 Å². The molecule has 7 heteroatoms. The highest BCUT2D eigenvalue weighted by atomic mass is 32.1. The molecule has 1 fully saturated rings. The lowest BCUT2D eigenvalue weighted by atomic mass is 10.1. The molecule has 0 N–H and O–H groups in total. The van der Waals surface area contributed by atoms with Crippen molar-refractivity contribution in [2.24, 2.45) is 0 Å². The fourth-order valence-electron chi connectivity index (χ4n) is 3.22. The molecule has 1 aliphatic carbocycles. The number of fused-ring (bicyclic) bond motifs is 1. The summed E-state index contributed by atoms with van der Waals surface area (Å²) >= 11 is 1.42. The number of likely N-dealkylation sites (N-methyl/N-ethyl adjacent to an activating group) is 1. The van der Waals surface area contributed by atoms with E-state index in [1.807, 2.05) is 13.8 Å². The Morgan fingerprint density at radius 2 is 2.04 bits per heavy atom. The summed E-state index contributed by atoms with van der Waals surface area (Å²) in [5, 5.41) is 0.980. The molecule has 0 spiro atoms. The molecule has 1 aromatic carbocycles. The maximum atomic E-state index is 13.6. The standard InChI is InChI=1S/C21H22FN3O2S/c1-12-17-13(2)23-19(14-8-9-14)24-20(17)28-18(12)21(26)25(3)10-11-27-16-7-5-4-6-15(16)22/h4-7,14H,8-11H2,1-3H3. The van der Waals surface area contributed by atoms with E-state index in [0.29, 0.717) is 17.3 Å². The van der Waals surface area contributed by atoms with E-state index in [1.54, 1.807) is 30.1 Å². The third kappa shape index (κ3) is 3.58. The monoisotopic (exact) mass is 399 g/mol. The van der Waals surface area contributed by atoms with Crippen LogP contribution in [-0.2, 0) is 0 Å². The van der Waals surface area contributed by atoms with E-state index in [0.717, 1.165) is 40.1 Å². The highest BCUT2D eigenvalue weighted by Gasteiger charge is 2.29. The third-order valence-electron chi connectivity index (χ3n) is 4.99. The summed E-state index contributed by atoms with van der Waals surface area (Å²) < 4.78 is 19.1. The first kappa shape index (κ1) is 18.8. The number of hydrogen-bond acceptors (Lipinski definition) is 5. The predicted molar refractivity (Wildman–Crippen MR) is 108 cm³/mol. The second-order valence-electron chi connectivity index (χ2n) is 7.18. The minimum Gasteiger partial charge on any atom is -0.489 e. The maximum Gasteiger partial charge on any atom is 0.264 e. The molecule has 3 aromatic rings. The van der Waals surface area contributed by atoms with Gasteiger partial charge in [-0.25, -0.2) is 14.4 Å². The van der Waals surface area contributed by atoms with E-state index in [9.17, 15) is 9.18 Å². The van der Waals surface area contributed by atoms with E-state index >= 15 is 0 Å². The molecule has 1 saturated carbocycles. The summed E-state index contributed by atoms with van der Waals surface area (Å²) in [5.74, 6) is 1.09. The molecule has 0 aliphatic heterocycles. The molecule has 0 radical (unpaired) electrons. The van der Waals surface area contributed by atoms with Gasteiger partial charge in [-0.2, -0.15) is 0 Å². The molecule has 0 unspecified atom stereocenters. The van der Waals surface area contributed by atoms with Gasteiger partial charge in [-0.15, -0.1) is 11.3 Å². The maximum absolute atomic E-state index is 13.6. The number of para-hydroxylation sites is 1. The van der Waals surface area contributed by atoms with Gasteiger partial charge >= 0.3 is 0 Å². The van der Waals surface area contributed by atoms with Crippen molar-refractivity contribution in [3.05, 3.63) is 52.0 Å². The van der Waals surface area contributed by atoms with Crippen molar-refractivity contribution in [2.45, 2.75) is 32.6 Å². The summed E-state index contributed by atoms with van der Waals surface area (Å²) in [5.41, 5.74) is 1.86. The summed E-state index contributed by atoms with van der Waals surface area (Å²) in [6.45, 7) is 4.51. The van der Waals surface area contributed by atoms with Gasteiger partial charge < -0.3 is 9.64 Å². The Hall–Kier alpha value is -2.54. The normalized spacial score (nSPS) is 13.7. The highest BCUT2D eigenvalue weighted by Crippen LogP contribution is 2.40. The van der Waals surface area contributed by atoms with Crippen molar-refractivity contribution >= 4 is 27.5 Å². The summed E-state index contributed by atoms with van der Waals surface area (Å²) in [7, 11) is 1.73. The van der Waals surface area contributed by atoms with Crippen LogP contribution in [0.3, 0.4) is 0 Å². The van der Waals surface area contributed by atoms with Crippen LogP contribution in [0.15, 0.2) is 24.3 Å². The number of halogens is 1. The first-order chi connectivity index (χ1) is 13.5. The smallest absolute Gasteiger partial charge is 0.264 e. The van der Waals surface area contributed by atoms with E-state index in [2.05, 4.69) is 4.98 Å². The van der Waals surface area contributed by atoms with Crippen molar-refractivity contribution in [1.82, 2.24) is 14.9 Å². The lowest BCUT2D eigenvalue weighted by Crippen LogP contribution is -2.30. The molecule has 146 valence electrons. The molecule has 28 heavy (non-hydrogen) atoms. The molecule has 2 heterocycles. The molecular formula is C21H22FN3O2S. The van der Waals surface area contributed by atoms with Crippen molar-refractivity contribution in [2.75, 3.05) is 20.2 Å². The van der Waals surface area contributed by atoms with Crippen LogP contribution in [0.1, 0.15) is 45.5 Å². The lowest BCUT2D eigenvalue weighted by molar-refractivity contribution is 0.0777. The summed E-state index contributed by atoms with van der Waals surface area (Å²) in [6, 6.07) is 6.25. The van der Waals surface area contributed by atoms with E-state index in [4.69, 9.17) is 9.72 Å². The first-order valence-electron chi connectivity index (χ1n) is 9.36. The zero-order chi connectivity index (χ0) is 19.8. The zero-order valence-electron chi connectivity index (χ0n) is 16.2. The SMILES string of the molecule is Cc1nc(C2CC2)nc2sc(C(=O)N(C)CCOc3ccccc3F)c(C)c12. The number of hydrogen-bond donors (Lipinski definition) is 0. The fourth-order valence-corrected chi connectivity index (χ4v) is 4.45. The number of amides is 1. The summed E-state index contributed by atoms with van der Waals surface area (Å²) in [4.78, 5) is 25.5. The van der Waals surface area contributed by atoms with Crippen molar-refractivity contribution in [3.8, 4) is 5.75 Å². The minimum absolute atomic E-state index is 0.0787. The number of carbonyl (C=O) groups excluding carboxylic acids is 1. The molecule has 1 amide bonds. The number of carbonyl (C=O) groups is 1.